The van der Waals surface area contributed by atoms with Gasteiger partial charge in [-0.1, -0.05) is 44.3 Å². The van der Waals surface area contributed by atoms with Gasteiger partial charge in [0.25, 0.3) is 0 Å². The molecule has 68 valence electrons. The smallest absolute Gasteiger partial charge is 0.126 e. The maximum Gasteiger partial charge on any atom is 0.126 e. The predicted octanol–water partition coefficient (Wildman–Crippen LogP) is 3.38. The minimum atomic E-state index is 0.637. The Morgan fingerprint density at radius 1 is 1.38 bits per heavy atom. The number of hydrogen-bond acceptors (Lipinski definition) is 1. The summed E-state index contributed by atoms with van der Waals surface area (Å²) in [4.78, 5) is 0. The van der Waals surface area contributed by atoms with Crippen LogP contribution < -0.4 is 0 Å². The molecule has 1 heteroatoms. The quantitative estimate of drug-likeness (QED) is 0.636. The fourth-order valence-electron chi connectivity index (χ4n) is 1.09. The van der Waals surface area contributed by atoms with Gasteiger partial charge in [-0.2, -0.15) is 0 Å². The molecule has 1 aromatic carbocycles. The Balaban J connectivity index is 2.79. The van der Waals surface area contributed by atoms with Gasteiger partial charge in [0.2, 0.25) is 0 Å². The van der Waals surface area contributed by atoms with E-state index in [9.17, 15) is 0 Å². The number of hydrogen-bond donors (Lipinski definition) is 0. The topological polar surface area (TPSA) is 9.23 Å². The van der Waals surface area contributed by atoms with Crippen LogP contribution in [0.5, 0.6) is 0 Å². The van der Waals surface area contributed by atoms with Crippen LogP contribution in [0.2, 0.25) is 0 Å². The van der Waals surface area contributed by atoms with E-state index in [0.29, 0.717) is 5.76 Å². The van der Waals surface area contributed by atoms with Gasteiger partial charge in [-0.3, -0.25) is 0 Å². The van der Waals surface area contributed by atoms with E-state index in [-0.39, 0.29) is 0 Å². The van der Waals surface area contributed by atoms with E-state index in [2.05, 4.69) is 32.2 Å². The zero-order valence-electron chi connectivity index (χ0n) is 7.92. The molecule has 0 aliphatic carbocycles. The molecular weight excluding hydrogens is 160 g/mol. The molecule has 0 fully saturated rings. The van der Waals surface area contributed by atoms with Crippen LogP contribution in [0.15, 0.2) is 43.7 Å². The summed E-state index contributed by atoms with van der Waals surface area (Å²) in [6.07, 6.45) is 2.44. The van der Waals surface area contributed by atoms with E-state index in [1.165, 1.54) is 11.8 Å². The lowest BCUT2D eigenvalue weighted by Gasteiger charge is -2.04. The molecule has 0 saturated heterocycles. The van der Waals surface area contributed by atoms with Crippen LogP contribution in [-0.2, 0) is 11.2 Å². The van der Waals surface area contributed by atoms with Crippen LogP contribution in [0.25, 0.3) is 5.76 Å². The summed E-state index contributed by atoms with van der Waals surface area (Å²) in [5.74, 6) is 0.637. The first-order valence-corrected chi connectivity index (χ1v) is 4.33. The Morgan fingerprint density at radius 2 is 2.00 bits per heavy atom. The van der Waals surface area contributed by atoms with Crippen molar-refractivity contribution in [3.63, 3.8) is 0 Å². The Hall–Kier alpha value is -1.50. The highest BCUT2D eigenvalue weighted by molar-refractivity contribution is 5.57. The van der Waals surface area contributed by atoms with Crippen molar-refractivity contribution in [2.24, 2.45) is 0 Å². The third kappa shape index (κ3) is 2.48. The molecule has 0 aromatic heterocycles. The molecule has 0 aliphatic heterocycles. The highest BCUT2D eigenvalue weighted by Gasteiger charge is 1.97. The van der Waals surface area contributed by atoms with Gasteiger partial charge >= 0.3 is 0 Å². The summed E-state index contributed by atoms with van der Waals surface area (Å²) in [5, 5.41) is 0. The van der Waals surface area contributed by atoms with Gasteiger partial charge in [0.05, 0.1) is 6.26 Å². The summed E-state index contributed by atoms with van der Waals surface area (Å²) in [5.41, 5.74) is 2.31. The lowest BCUT2D eigenvalue weighted by molar-refractivity contribution is 0.440. The molecule has 0 heterocycles. The van der Waals surface area contributed by atoms with Crippen molar-refractivity contribution in [2.45, 2.75) is 13.3 Å². The molecule has 0 radical (unpaired) electrons. The number of aryl methyl sites for hydroxylation is 1. The van der Waals surface area contributed by atoms with E-state index in [1.807, 2.05) is 12.1 Å². The minimum absolute atomic E-state index is 0.637. The zero-order valence-corrected chi connectivity index (χ0v) is 7.92. The van der Waals surface area contributed by atoms with Crippen molar-refractivity contribution in [3.05, 3.63) is 54.8 Å². The average Bonchev–Trinajstić information content (AvgIpc) is 2.18. The van der Waals surface area contributed by atoms with E-state index >= 15 is 0 Å². The van der Waals surface area contributed by atoms with Crippen LogP contribution in [0.1, 0.15) is 18.1 Å². The Bertz CT molecular complexity index is 295. The average molecular weight is 174 g/mol. The molecule has 1 rings (SSSR count). The van der Waals surface area contributed by atoms with Crippen molar-refractivity contribution < 1.29 is 4.74 Å². The standard InChI is InChI=1S/C12H14O/c1-4-11-6-8-12(9-7-11)10(3)13-5-2/h5-9H,2-4H2,1H3. The normalized spacial score (nSPS) is 9.31. The summed E-state index contributed by atoms with van der Waals surface area (Å²) in [6, 6.07) is 8.16. The van der Waals surface area contributed by atoms with E-state index < -0.39 is 0 Å². The molecule has 0 N–H and O–H groups in total. The molecule has 0 spiro atoms. The summed E-state index contributed by atoms with van der Waals surface area (Å²) >= 11 is 0. The van der Waals surface area contributed by atoms with Crippen LogP contribution >= 0.6 is 0 Å². The molecule has 0 amide bonds. The fraction of sp³-hybridized carbons (Fsp3) is 0.167. The van der Waals surface area contributed by atoms with Gasteiger partial charge in [-0.05, 0) is 12.0 Å². The molecular formula is C12H14O. The third-order valence-corrected chi connectivity index (χ3v) is 1.91. The molecule has 0 atom stereocenters. The van der Waals surface area contributed by atoms with Crippen molar-refractivity contribution in [1.82, 2.24) is 0 Å². The van der Waals surface area contributed by atoms with Gasteiger partial charge in [0.1, 0.15) is 5.76 Å². The van der Waals surface area contributed by atoms with Gasteiger partial charge < -0.3 is 4.74 Å². The first-order chi connectivity index (χ1) is 6.27. The number of rotatable bonds is 4. The SMILES string of the molecule is C=COC(=C)c1ccc(CC)cc1. The number of benzene rings is 1. The first kappa shape index (κ1) is 9.59. The minimum Gasteiger partial charge on any atom is -0.466 e. The van der Waals surface area contributed by atoms with E-state index in [1.54, 1.807) is 0 Å². The zero-order chi connectivity index (χ0) is 9.68. The van der Waals surface area contributed by atoms with Gasteiger partial charge in [0, 0.05) is 5.56 Å². The van der Waals surface area contributed by atoms with Crippen LogP contribution in [-0.4, -0.2) is 0 Å². The van der Waals surface area contributed by atoms with Crippen LogP contribution in [0.4, 0.5) is 0 Å². The predicted molar refractivity (Wildman–Crippen MR) is 56.1 cm³/mol. The lowest BCUT2D eigenvalue weighted by atomic mass is 10.1. The highest BCUT2D eigenvalue weighted by atomic mass is 16.5. The summed E-state index contributed by atoms with van der Waals surface area (Å²) in [7, 11) is 0. The summed E-state index contributed by atoms with van der Waals surface area (Å²) < 4.78 is 5.07. The molecule has 0 unspecified atom stereocenters. The molecule has 13 heavy (non-hydrogen) atoms. The monoisotopic (exact) mass is 174 g/mol. The second-order valence-electron chi connectivity index (χ2n) is 2.76. The van der Waals surface area contributed by atoms with Crippen molar-refractivity contribution in [3.8, 4) is 0 Å². The molecule has 0 bridgehead atoms. The van der Waals surface area contributed by atoms with Crippen LogP contribution in [0, 0.1) is 0 Å². The molecule has 0 aliphatic rings. The first-order valence-electron chi connectivity index (χ1n) is 4.33. The highest BCUT2D eigenvalue weighted by Crippen LogP contribution is 2.14. The molecule has 1 aromatic rings. The van der Waals surface area contributed by atoms with Gasteiger partial charge in [0.15, 0.2) is 0 Å². The summed E-state index contributed by atoms with van der Waals surface area (Å²) in [6.45, 7) is 9.38. The van der Waals surface area contributed by atoms with Gasteiger partial charge in [-0.15, -0.1) is 0 Å². The van der Waals surface area contributed by atoms with E-state index in [0.717, 1.165) is 12.0 Å². The second kappa shape index (κ2) is 4.51. The van der Waals surface area contributed by atoms with Gasteiger partial charge in [-0.25, -0.2) is 0 Å². The van der Waals surface area contributed by atoms with E-state index in [4.69, 9.17) is 4.74 Å². The number of ether oxygens (including phenoxy) is 1. The van der Waals surface area contributed by atoms with Crippen molar-refractivity contribution in [1.29, 1.82) is 0 Å². The fourth-order valence-corrected chi connectivity index (χ4v) is 1.09. The maximum absolute atomic E-state index is 5.07. The second-order valence-corrected chi connectivity index (χ2v) is 2.76. The Kier molecular flexibility index (Phi) is 3.32. The Morgan fingerprint density at radius 3 is 2.46 bits per heavy atom. The Labute approximate surface area is 79.4 Å². The van der Waals surface area contributed by atoms with Crippen molar-refractivity contribution >= 4 is 5.76 Å². The largest absolute Gasteiger partial charge is 0.466 e. The maximum atomic E-state index is 5.07. The third-order valence-electron chi connectivity index (χ3n) is 1.91. The molecule has 0 saturated carbocycles. The lowest BCUT2D eigenvalue weighted by Crippen LogP contribution is -1.85. The molecule has 1 nitrogen and oxygen atoms in total. The van der Waals surface area contributed by atoms with Crippen LogP contribution in [0.3, 0.4) is 0 Å². The van der Waals surface area contributed by atoms with Crippen molar-refractivity contribution in [2.75, 3.05) is 0 Å².